The minimum Gasteiger partial charge on any atom is -0.478 e. The minimum absolute atomic E-state index is 0.0286. The summed E-state index contributed by atoms with van der Waals surface area (Å²) in [5.41, 5.74) is 7.48. The molecule has 4 nitrogen and oxygen atoms in total. The Morgan fingerprint density at radius 3 is 2.88 bits per heavy atom. The summed E-state index contributed by atoms with van der Waals surface area (Å²) in [6.07, 6.45) is 0.344. The number of carbonyl (C=O) groups is 1. The van der Waals surface area contributed by atoms with Crippen LogP contribution in [0, 0.1) is 6.92 Å². The normalized spacial score (nSPS) is 20.2. The highest BCUT2D eigenvalue weighted by Gasteiger charge is 2.31. The molecule has 1 aromatic rings. The summed E-state index contributed by atoms with van der Waals surface area (Å²) in [5, 5.41) is 0. The van der Waals surface area contributed by atoms with Crippen molar-refractivity contribution >= 4 is 11.6 Å². The first-order valence-electron chi connectivity index (χ1n) is 5.36. The van der Waals surface area contributed by atoms with Gasteiger partial charge >= 0.3 is 0 Å². The number of nitrogen functional groups attached to an aromatic ring is 1. The van der Waals surface area contributed by atoms with Crippen LogP contribution in [0.2, 0.25) is 0 Å². The van der Waals surface area contributed by atoms with Gasteiger partial charge in [0.1, 0.15) is 5.75 Å². The number of nitrogens with zero attached hydrogens (tertiary/aromatic N) is 1. The Morgan fingerprint density at radius 2 is 2.25 bits per heavy atom. The standard InChI is InChI=1S/C12H16N2O2/c1-8-4-3-5-9(11(8)13)16-10-6-7-14(2)12(10)15/h3-5,10H,6-7,13H2,1-2H3. The lowest BCUT2D eigenvalue weighted by Gasteiger charge is -2.15. The van der Waals surface area contributed by atoms with Gasteiger partial charge < -0.3 is 15.4 Å². The molecule has 1 heterocycles. The van der Waals surface area contributed by atoms with E-state index in [-0.39, 0.29) is 12.0 Å². The molecule has 86 valence electrons. The maximum absolute atomic E-state index is 11.7. The van der Waals surface area contributed by atoms with Crippen molar-refractivity contribution in [3.8, 4) is 5.75 Å². The fraction of sp³-hybridized carbons (Fsp3) is 0.417. The lowest BCUT2D eigenvalue weighted by molar-refractivity contribution is -0.132. The number of aryl methyl sites for hydroxylation is 1. The number of hydrogen-bond donors (Lipinski definition) is 1. The number of nitrogens with two attached hydrogens (primary N) is 1. The number of hydrogen-bond acceptors (Lipinski definition) is 3. The molecule has 1 atom stereocenters. The molecule has 0 radical (unpaired) electrons. The fourth-order valence-electron chi connectivity index (χ4n) is 1.81. The number of carbonyl (C=O) groups excluding carboxylic acids is 1. The zero-order valence-corrected chi connectivity index (χ0v) is 9.56. The van der Waals surface area contributed by atoms with Crippen LogP contribution in [0.25, 0.3) is 0 Å². The quantitative estimate of drug-likeness (QED) is 0.762. The van der Waals surface area contributed by atoms with Crippen LogP contribution in [0.4, 0.5) is 5.69 Å². The lowest BCUT2D eigenvalue weighted by atomic mass is 10.2. The third-order valence-electron chi connectivity index (χ3n) is 2.93. The van der Waals surface area contributed by atoms with Crippen molar-refractivity contribution in [2.75, 3.05) is 19.3 Å². The molecule has 0 spiro atoms. The molecule has 16 heavy (non-hydrogen) atoms. The van der Waals surface area contributed by atoms with Gasteiger partial charge in [-0.05, 0) is 18.6 Å². The molecule has 4 heteroatoms. The van der Waals surface area contributed by atoms with Crippen LogP contribution in [0.1, 0.15) is 12.0 Å². The van der Waals surface area contributed by atoms with Crippen LogP contribution in [-0.4, -0.2) is 30.5 Å². The maximum atomic E-state index is 11.7. The average molecular weight is 220 g/mol. The van der Waals surface area contributed by atoms with Gasteiger partial charge in [-0.15, -0.1) is 0 Å². The predicted molar refractivity (Wildman–Crippen MR) is 62.3 cm³/mol. The van der Waals surface area contributed by atoms with Gasteiger partial charge in [0.15, 0.2) is 6.10 Å². The number of likely N-dealkylation sites (N-methyl/N-ethyl adjacent to an activating group) is 1. The van der Waals surface area contributed by atoms with E-state index < -0.39 is 0 Å². The van der Waals surface area contributed by atoms with Crippen LogP contribution >= 0.6 is 0 Å². The zero-order chi connectivity index (χ0) is 11.7. The Bertz CT molecular complexity index is 417. The van der Waals surface area contributed by atoms with Crippen molar-refractivity contribution in [1.82, 2.24) is 4.90 Å². The van der Waals surface area contributed by atoms with Crippen molar-refractivity contribution in [2.45, 2.75) is 19.4 Å². The highest BCUT2D eigenvalue weighted by Crippen LogP contribution is 2.27. The summed E-state index contributed by atoms with van der Waals surface area (Å²) in [6, 6.07) is 5.60. The van der Waals surface area contributed by atoms with Crippen LogP contribution in [0.5, 0.6) is 5.75 Å². The molecule has 0 saturated carbocycles. The number of amides is 1. The zero-order valence-electron chi connectivity index (χ0n) is 9.56. The van der Waals surface area contributed by atoms with Gasteiger partial charge in [0, 0.05) is 20.0 Å². The van der Waals surface area contributed by atoms with E-state index in [0.717, 1.165) is 18.5 Å². The van der Waals surface area contributed by atoms with Gasteiger partial charge in [-0.1, -0.05) is 12.1 Å². The molecule has 1 saturated heterocycles. The van der Waals surface area contributed by atoms with Gasteiger partial charge in [0.05, 0.1) is 5.69 Å². The molecule has 1 unspecified atom stereocenters. The highest BCUT2D eigenvalue weighted by molar-refractivity contribution is 5.83. The molecule has 1 aliphatic rings. The van der Waals surface area contributed by atoms with Gasteiger partial charge in [-0.3, -0.25) is 4.79 Å². The van der Waals surface area contributed by atoms with Gasteiger partial charge in [0.25, 0.3) is 5.91 Å². The van der Waals surface area contributed by atoms with Gasteiger partial charge in [-0.25, -0.2) is 0 Å². The van der Waals surface area contributed by atoms with Crippen LogP contribution in [0.15, 0.2) is 18.2 Å². The summed E-state index contributed by atoms with van der Waals surface area (Å²) in [5.74, 6) is 0.634. The third kappa shape index (κ3) is 1.83. The minimum atomic E-state index is -0.380. The van der Waals surface area contributed by atoms with Crippen LogP contribution < -0.4 is 10.5 Å². The van der Waals surface area contributed by atoms with E-state index in [2.05, 4.69) is 0 Å². The Morgan fingerprint density at radius 1 is 1.50 bits per heavy atom. The second-order valence-corrected chi connectivity index (χ2v) is 4.14. The molecule has 1 aliphatic heterocycles. The molecule has 1 fully saturated rings. The smallest absolute Gasteiger partial charge is 0.263 e. The van der Waals surface area contributed by atoms with E-state index in [9.17, 15) is 4.79 Å². The summed E-state index contributed by atoms with van der Waals surface area (Å²) < 4.78 is 5.65. The molecule has 0 bridgehead atoms. The summed E-state index contributed by atoms with van der Waals surface area (Å²) in [4.78, 5) is 13.3. The third-order valence-corrected chi connectivity index (χ3v) is 2.93. The Kier molecular flexibility index (Phi) is 2.73. The summed E-state index contributed by atoms with van der Waals surface area (Å²) in [6.45, 7) is 2.67. The molecule has 1 amide bonds. The molecule has 0 aromatic heterocycles. The SMILES string of the molecule is Cc1cccc(OC2CCN(C)C2=O)c1N. The Balaban J connectivity index is 2.16. The van der Waals surface area contributed by atoms with Gasteiger partial charge in [0.2, 0.25) is 0 Å². The highest BCUT2D eigenvalue weighted by atomic mass is 16.5. The molecule has 0 aliphatic carbocycles. The number of rotatable bonds is 2. The summed E-state index contributed by atoms with van der Waals surface area (Å²) >= 11 is 0. The molecule has 2 rings (SSSR count). The van der Waals surface area contributed by atoms with E-state index in [1.54, 1.807) is 18.0 Å². The topological polar surface area (TPSA) is 55.6 Å². The second-order valence-electron chi connectivity index (χ2n) is 4.14. The van der Waals surface area contributed by atoms with E-state index in [4.69, 9.17) is 10.5 Å². The number of ether oxygens (including phenoxy) is 1. The molecular formula is C12H16N2O2. The lowest BCUT2D eigenvalue weighted by Crippen LogP contribution is -2.29. The number of para-hydroxylation sites is 1. The van der Waals surface area contributed by atoms with Crippen molar-refractivity contribution in [2.24, 2.45) is 0 Å². The van der Waals surface area contributed by atoms with E-state index >= 15 is 0 Å². The first-order chi connectivity index (χ1) is 7.59. The molecular weight excluding hydrogens is 204 g/mol. The predicted octanol–water partition coefficient (Wildman–Crippen LogP) is 1.19. The van der Waals surface area contributed by atoms with E-state index in [1.807, 2.05) is 19.1 Å². The van der Waals surface area contributed by atoms with Crippen molar-refractivity contribution < 1.29 is 9.53 Å². The second kappa shape index (κ2) is 4.04. The van der Waals surface area contributed by atoms with Crippen molar-refractivity contribution in [1.29, 1.82) is 0 Å². The molecule has 1 aromatic carbocycles. The first-order valence-corrected chi connectivity index (χ1v) is 5.36. The van der Waals surface area contributed by atoms with Crippen molar-refractivity contribution in [3.63, 3.8) is 0 Å². The van der Waals surface area contributed by atoms with Crippen LogP contribution in [0.3, 0.4) is 0 Å². The van der Waals surface area contributed by atoms with Crippen LogP contribution in [-0.2, 0) is 4.79 Å². The number of likely N-dealkylation sites (tertiary alicyclic amines) is 1. The average Bonchev–Trinajstić information content (AvgIpc) is 2.57. The maximum Gasteiger partial charge on any atom is 0.263 e. The number of benzene rings is 1. The first kappa shape index (κ1) is 10.8. The Labute approximate surface area is 95.0 Å². The van der Waals surface area contributed by atoms with E-state index in [1.165, 1.54) is 0 Å². The summed E-state index contributed by atoms with van der Waals surface area (Å²) in [7, 11) is 1.78. The van der Waals surface area contributed by atoms with Crippen molar-refractivity contribution in [3.05, 3.63) is 23.8 Å². The Hall–Kier alpha value is -1.71. The largest absolute Gasteiger partial charge is 0.478 e. The fourth-order valence-corrected chi connectivity index (χ4v) is 1.81. The molecule has 2 N–H and O–H groups in total. The van der Waals surface area contributed by atoms with E-state index in [0.29, 0.717) is 11.4 Å². The van der Waals surface area contributed by atoms with Gasteiger partial charge in [-0.2, -0.15) is 0 Å². The monoisotopic (exact) mass is 220 g/mol. The number of anilines is 1.